The molecule has 6 rings (SSSR count). The number of fused-ring (bicyclic) bond motifs is 1. The van der Waals surface area contributed by atoms with E-state index in [1.165, 1.54) is 0 Å². The average Bonchev–Trinajstić information content (AvgIpc) is 3.60. The third kappa shape index (κ3) is 4.72. The van der Waals surface area contributed by atoms with Crippen LogP contribution in [0.5, 0.6) is 0 Å². The van der Waals surface area contributed by atoms with E-state index in [-0.39, 0.29) is 12.3 Å². The molecule has 3 aromatic carbocycles. The third-order valence-electron chi connectivity index (χ3n) is 5.98. The van der Waals surface area contributed by atoms with Crippen LogP contribution in [-0.4, -0.2) is 29.8 Å². The molecular formula is C29H21ClN6O. The van der Waals surface area contributed by atoms with Crippen molar-refractivity contribution in [2.45, 2.75) is 6.42 Å². The highest BCUT2D eigenvalue weighted by atomic mass is 35.5. The van der Waals surface area contributed by atoms with Gasteiger partial charge in [0.15, 0.2) is 11.5 Å². The van der Waals surface area contributed by atoms with Crippen LogP contribution in [0.1, 0.15) is 5.56 Å². The van der Waals surface area contributed by atoms with Gasteiger partial charge >= 0.3 is 0 Å². The van der Waals surface area contributed by atoms with Crippen LogP contribution in [0.3, 0.4) is 0 Å². The van der Waals surface area contributed by atoms with E-state index < -0.39 is 0 Å². The number of halogens is 1. The maximum Gasteiger partial charge on any atom is 0.228 e. The molecule has 0 aliphatic heterocycles. The number of nitrogens with one attached hydrogen (secondary N) is 1. The van der Waals surface area contributed by atoms with Gasteiger partial charge in [-0.15, -0.1) is 0 Å². The summed E-state index contributed by atoms with van der Waals surface area (Å²) < 4.78 is 3.89. The second-order valence-corrected chi connectivity index (χ2v) is 8.96. The van der Waals surface area contributed by atoms with E-state index in [0.717, 1.165) is 28.2 Å². The van der Waals surface area contributed by atoms with Gasteiger partial charge in [-0.25, -0.2) is 15.0 Å². The molecule has 1 N–H and O–H groups in total. The van der Waals surface area contributed by atoms with Gasteiger partial charge in [0.25, 0.3) is 0 Å². The minimum absolute atomic E-state index is 0.107. The van der Waals surface area contributed by atoms with Gasteiger partial charge in [0.05, 0.1) is 12.1 Å². The highest BCUT2D eigenvalue weighted by Crippen LogP contribution is 2.27. The van der Waals surface area contributed by atoms with Crippen molar-refractivity contribution in [3.05, 3.63) is 120 Å². The Morgan fingerprint density at radius 3 is 2.49 bits per heavy atom. The molecule has 0 radical (unpaired) electrons. The fourth-order valence-electron chi connectivity index (χ4n) is 4.24. The summed E-state index contributed by atoms with van der Waals surface area (Å²) in [6.45, 7) is 0. The van der Waals surface area contributed by atoms with Crippen molar-refractivity contribution < 1.29 is 4.79 Å². The molecule has 180 valence electrons. The van der Waals surface area contributed by atoms with Gasteiger partial charge in [-0.1, -0.05) is 66.2 Å². The van der Waals surface area contributed by atoms with Gasteiger partial charge in [-0.05, 0) is 29.8 Å². The van der Waals surface area contributed by atoms with Crippen molar-refractivity contribution >= 4 is 28.8 Å². The number of carbonyl (C=O) groups excluding carboxylic acids is 1. The van der Waals surface area contributed by atoms with E-state index in [1.54, 1.807) is 24.5 Å². The Bertz CT molecular complexity index is 1710. The molecular weight excluding hydrogens is 484 g/mol. The molecule has 1 amide bonds. The van der Waals surface area contributed by atoms with Crippen molar-refractivity contribution in [2.24, 2.45) is 0 Å². The van der Waals surface area contributed by atoms with E-state index in [4.69, 9.17) is 16.6 Å². The first-order valence-electron chi connectivity index (χ1n) is 11.7. The maximum absolute atomic E-state index is 12.7. The van der Waals surface area contributed by atoms with Gasteiger partial charge in [0.1, 0.15) is 5.82 Å². The Morgan fingerprint density at radius 2 is 1.65 bits per heavy atom. The predicted octanol–water partition coefficient (Wildman–Crippen LogP) is 6.08. The number of hydrogen-bond acceptors (Lipinski definition) is 4. The average molecular weight is 505 g/mol. The molecule has 37 heavy (non-hydrogen) atoms. The molecule has 0 aliphatic rings. The number of carbonyl (C=O) groups is 1. The van der Waals surface area contributed by atoms with E-state index in [1.807, 2.05) is 94.3 Å². The molecule has 0 saturated heterocycles. The molecule has 7 nitrogen and oxygen atoms in total. The largest absolute Gasteiger partial charge is 0.326 e. The number of rotatable bonds is 6. The molecule has 0 bridgehead atoms. The Hall–Kier alpha value is -4.75. The number of aromatic nitrogens is 5. The standard InChI is InChI=1S/C29H21ClN6O/c30-23-11-9-20(10-12-23)17-26(37)33-24-8-4-7-22(18-24)25-19-35-15-13-32-28(35)29(34-25)36-16-14-31-27(36)21-5-2-1-3-6-21/h1-16,18-19H,17H2,(H,33,37). The van der Waals surface area contributed by atoms with Crippen LogP contribution < -0.4 is 5.32 Å². The summed E-state index contributed by atoms with van der Waals surface area (Å²) in [4.78, 5) is 26.7. The van der Waals surface area contributed by atoms with Crippen LogP contribution in [0, 0.1) is 0 Å². The Balaban J connectivity index is 1.34. The van der Waals surface area contributed by atoms with Crippen molar-refractivity contribution in [1.29, 1.82) is 0 Å². The smallest absolute Gasteiger partial charge is 0.228 e. The molecule has 3 aromatic heterocycles. The predicted molar refractivity (Wildman–Crippen MR) is 145 cm³/mol. The first kappa shape index (κ1) is 22.7. The van der Waals surface area contributed by atoms with E-state index >= 15 is 0 Å². The fraction of sp³-hybridized carbons (Fsp3) is 0.0345. The van der Waals surface area contributed by atoms with Gasteiger partial charge in [-0.2, -0.15) is 0 Å². The fourth-order valence-corrected chi connectivity index (χ4v) is 4.37. The summed E-state index contributed by atoms with van der Waals surface area (Å²) in [7, 11) is 0. The molecule has 0 atom stereocenters. The van der Waals surface area contributed by atoms with Crippen molar-refractivity contribution in [1.82, 2.24) is 23.9 Å². The summed E-state index contributed by atoms with van der Waals surface area (Å²) in [5.74, 6) is 1.33. The van der Waals surface area contributed by atoms with Gasteiger partial charge in [0.2, 0.25) is 5.91 Å². The minimum Gasteiger partial charge on any atom is -0.326 e. The normalized spacial score (nSPS) is 11.1. The summed E-state index contributed by atoms with van der Waals surface area (Å²) in [5, 5.41) is 3.63. The lowest BCUT2D eigenvalue weighted by molar-refractivity contribution is -0.115. The van der Waals surface area contributed by atoms with E-state index in [0.29, 0.717) is 22.2 Å². The number of hydrogen-bond donors (Lipinski definition) is 1. The topological polar surface area (TPSA) is 77.1 Å². The van der Waals surface area contributed by atoms with Crippen molar-refractivity contribution in [3.63, 3.8) is 0 Å². The lowest BCUT2D eigenvalue weighted by Crippen LogP contribution is -2.14. The van der Waals surface area contributed by atoms with Gasteiger partial charge in [0, 0.05) is 52.8 Å². The lowest BCUT2D eigenvalue weighted by atomic mass is 10.1. The summed E-state index contributed by atoms with van der Waals surface area (Å²) >= 11 is 5.95. The molecule has 0 saturated carbocycles. The van der Waals surface area contributed by atoms with Crippen molar-refractivity contribution in [3.8, 4) is 28.5 Å². The zero-order chi connectivity index (χ0) is 25.2. The van der Waals surface area contributed by atoms with Crippen LogP contribution in [0.25, 0.3) is 34.1 Å². The van der Waals surface area contributed by atoms with Crippen LogP contribution >= 0.6 is 11.6 Å². The maximum atomic E-state index is 12.7. The second kappa shape index (κ2) is 9.72. The zero-order valence-electron chi connectivity index (χ0n) is 19.6. The summed E-state index contributed by atoms with van der Waals surface area (Å²) in [6.07, 6.45) is 9.47. The lowest BCUT2D eigenvalue weighted by Gasteiger charge is -2.12. The molecule has 0 spiro atoms. The molecule has 0 fully saturated rings. The number of benzene rings is 3. The highest BCUT2D eigenvalue weighted by molar-refractivity contribution is 6.30. The van der Waals surface area contributed by atoms with Gasteiger partial charge < -0.3 is 9.72 Å². The van der Waals surface area contributed by atoms with Crippen LogP contribution in [0.2, 0.25) is 5.02 Å². The highest BCUT2D eigenvalue weighted by Gasteiger charge is 2.16. The monoisotopic (exact) mass is 504 g/mol. The van der Waals surface area contributed by atoms with Crippen molar-refractivity contribution in [2.75, 3.05) is 5.32 Å². The van der Waals surface area contributed by atoms with Gasteiger partial charge in [-0.3, -0.25) is 9.36 Å². The summed E-state index contributed by atoms with van der Waals surface area (Å²) in [6, 6.07) is 24.9. The van der Waals surface area contributed by atoms with Crippen LogP contribution in [-0.2, 0) is 11.2 Å². The molecule has 3 heterocycles. The Kier molecular flexibility index (Phi) is 5.96. The Labute approximate surface area is 218 Å². The number of amides is 1. The van der Waals surface area contributed by atoms with Crippen LogP contribution in [0.4, 0.5) is 5.69 Å². The quantitative estimate of drug-likeness (QED) is 0.298. The first-order valence-corrected chi connectivity index (χ1v) is 12.1. The number of imidazole rings is 2. The number of anilines is 1. The van der Waals surface area contributed by atoms with Crippen LogP contribution in [0.15, 0.2) is 110 Å². The molecule has 0 unspecified atom stereocenters. The SMILES string of the molecule is O=C(Cc1ccc(Cl)cc1)Nc1cccc(-c2cn3ccnc3c(-n3ccnc3-c3ccccc3)n2)c1. The third-order valence-corrected chi connectivity index (χ3v) is 6.23. The van der Waals surface area contributed by atoms with E-state index in [9.17, 15) is 4.79 Å². The number of nitrogens with zero attached hydrogens (tertiary/aromatic N) is 5. The van der Waals surface area contributed by atoms with E-state index in [2.05, 4.69) is 15.3 Å². The summed E-state index contributed by atoms with van der Waals surface area (Å²) in [5.41, 5.74) is 4.88. The first-order chi connectivity index (χ1) is 18.1. The molecule has 8 heteroatoms. The molecule has 0 aliphatic carbocycles. The Morgan fingerprint density at radius 1 is 0.865 bits per heavy atom. The zero-order valence-corrected chi connectivity index (χ0v) is 20.4. The minimum atomic E-state index is -0.107. The second-order valence-electron chi connectivity index (χ2n) is 8.53. The molecule has 6 aromatic rings.